The Morgan fingerprint density at radius 3 is 2.48 bits per heavy atom. The lowest BCUT2D eigenvalue weighted by Gasteiger charge is -2.39. The van der Waals surface area contributed by atoms with E-state index in [1.165, 1.54) is 20.0 Å². The molecule has 2 N–H and O–H groups in total. The lowest BCUT2D eigenvalue weighted by atomic mass is 9.74. The van der Waals surface area contributed by atoms with E-state index in [4.69, 9.17) is 5.26 Å². The highest BCUT2D eigenvalue weighted by molar-refractivity contribution is 5.76. The normalized spacial score (nSPS) is 11.6. The summed E-state index contributed by atoms with van der Waals surface area (Å²) in [6, 6.07) is 2.87. The number of pyridine rings is 1. The number of rotatable bonds is 5. The van der Waals surface area contributed by atoms with Crippen LogP contribution >= 0.6 is 0 Å². The molecule has 1 aromatic rings. The fourth-order valence-electron chi connectivity index (χ4n) is 1.47. The van der Waals surface area contributed by atoms with Crippen LogP contribution in [-0.4, -0.2) is 26.5 Å². The van der Waals surface area contributed by atoms with E-state index in [9.17, 15) is 20.0 Å². The summed E-state index contributed by atoms with van der Waals surface area (Å²) in [5, 5.41) is 31.9. The maximum Gasteiger partial charge on any atom is 0.312 e. The van der Waals surface area contributed by atoms with Gasteiger partial charge in [-0.15, -0.1) is 0 Å². The molecule has 0 bridgehead atoms. The van der Waals surface area contributed by atoms with Crippen LogP contribution in [0.15, 0.2) is 12.3 Å². The second-order valence-electron chi connectivity index (χ2n) is 5.64. The third kappa shape index (κ3) is 3.08. The second-order valence-corrected chi connectivity index (χ2v) is 5.64. The van der Waals surface area contributed by atoms with Gasteiger partial charge in [0.25, 0.3) is 0 Å². The quantitative estimate of drug-likeness (QED) is 0.628. The molecule has 0 amide bonds. The number of nitrogens with one attached hydrogen (secondary N) is 1. The van der Waals surface area contributed by atoms with E-state index in [2.05, 4.69) is 10.3 Å². The van der Waals surface area contributed by atoms with Gasteiger partial charge in [-0.25, -0.2) is 4.98 Å². The van der Waals surface area contributed by atoms with Gasteiger partial charge >= 0.3 is 11.7 Å². The Bertz CT molecular complexity index is 632. The molecule has 0 aliphatic heterocycles. The highest BCUT2D eigenvalue weighted by Crippen LogP contribution is 2.35. The monoisotopic (exact) mass is 292 g/mol. The van der Waals surface area contributed by atoms with Gasteiger partial charge in [0.05, 0.1) is 15.9 Å². The Balaban J connectivity index is 3.28. The molecular formula is C13H16N4O4. The van der Waals surface area contributed by atoms with Gasteiger partial charge in [0.15, 0.2) is 0 Å². The fourth-order valence-corrected chi connectivity index (χ4v) is 1.47. The molecule has 0 aromatic carbocycles. The highest BCUT2D eigenvalue weighted by Gasteiger charge is 2.44. The summed E-state index contributed by atoms with van der Waals surface area (Å²) < 4.78 is 0. The lowest BCUT2D eigenvalue weighted by molar-refractivity contribution is -0.384. The van der Waals surface area contributed by atoms with Crippen molar-refractivity contribution in [3.05, 3.63) is 27.9 Å². The zero-order valence-electron chi connectivity index (χ0n) is 12.2. The van der Waals surface area contributed by atoms with Crippen molar-refractivity contribution in [2.75, 3.05) is 5.32 Å². The molecule has 112 valence electrons. The molecule has 0 spiro atoms. The van der Waals surface area contributed by atoms with E-state index in [0.717, 1.165) is 6.07 Å². The van der Waals surface area contributed by atoms with Gasteiger partial charge in [-0.1, -0.05) is 0 Å². The van der Waals surface area contributed by atoms with Gasteiger partial charge < -0.3 is 10.4 Å². The Hall–Kier alpha value is -2.69. The molecule has 0 atom stereocenters. The Labute approximate surface area is 121 Å². The van der Waals surface area contributed by atoms with E-state index in [1.807, 2.05) is 0 Å². The summed E-state index contributed by atoms with van der Waals surface area (Å²) in [7, 11) is 0. The molecule has 0 aliphatic rings. The third-order valence-corrected chi connectivity index (χ3v) is 3.72. The Morgan fingerprint density at radius 1 is 1.48 bits per heavy atom. The SMILES string of the molecule is CC(C)(Nc1ncc(C#N)cc1[N+](=O)[O-])C(C)(C)C(=O)O. The molecule has 1 heterocycles. The summed E-state index contributed by atoms with van der Waals surface area (Å²) in [6.07, 6.45) is 1.19. The zero-order valence-corrected chi connectivity index (χ0v) is 12.2. The smallest absolute Gasteiger partial charge is 0.312 e. The number of nitriles is 1. The maximum atomic E-state index is 11.3. The van der Waals surface area contributed by atoms with Crippen molar-refractivity contribution >= 4 is 17.5 Å². The van der Waals surface area contributed by atoms with Crippen LogP contribution in [0, 0.1) is 26.9 Å². The van der Waals surface area contributed by atoms with Crippen LogP contribution < -0.4 is 5.32 Å². The first-order valence-electron chi connectivity index (χ1n) is 6.09. The molecule has 8 nitrogen and oxygen atoms in total. The van der Waals surface area contributed by atoms with Crippen molar-refractivity contribution in [2.45, 2.75) is 33.2 Å². The van der Waals surface area contributed by atoms with Crippen LogP contribution in [0.1, 0.15) is 33.3 Å². The summed E-state index contributed by atoms with van der Waals surface area (Å²) in [6.45, 7) is 6.26. The largest absolute Gasteiger partial charge is 0.481 e. The molecule has 1 aromatic heterocycles. The molecule has 8 heteroatoms. The number of carboxylic acids is 1. The first-order valence-corrected chi connectivity index (χ1v) is 6.09. The second kappa shape index (κ2) is 5.36. The minimum atomic E-state index is -1.20. The summed E-state index contributed by atoms with van der Waals surface area (Å²) in [5.41, 5.74) is -2.52. The Morgan fingerprint density at radius 2 is 2.05 bits per heavy atom. The minimum Gasteiger partial charge on any atom is -0.481 e. The number of carboxylic acid groups (broad SMARTS) is 1. The van der Waals surface area contributed by atoms with Gasteiger partial charge in [0, 0.05) is 17.8 Å². The molecule has 0 saturated carbocycles. The standard InChI is InChI=1S/C13H16N4O4/c1-12(2,11(18)19)13(3,4)16-10-9(17(20)21)5-8(6-14)7-15-10/h5,7H,1-4H3,(H,15,16)(H,18,19). The van der Waals surface area contributed by atoms with Crippen LogP contribution in [0.2, 0.25) is 0 Å². The summed E-state index contributed by atoms with van der Waals surface area (Å²) >= 11 is 0. The van der Waals surface area contributed by atoms with Gasteiger partial charge in [-0.2, -0.15) is 5.26 Å². The van der Waals surface area contributed by atoms with Crippen LogP contribution in [0.5, 0.6) is 0 Å². The molecule has 1 rings (SSSR count). The number of hydrogen-bond donors (Lipinski definition) is 2. The summed E-state index contributed by atoms with van der Waals surface area (Å²) in [5.74, 6) is -1.12. The van der Waals surface area contributed by atoms with E-state index >= 15 is 0 Å². The number of carbonyl (C=O) groups is 1. The van der Waals surface area contributed by atoms with E-state index in [-0.39, 0.29) is 17.1 Å². The molecule has 0 unspecified atom stereocenters. The van der Waals surface area contributed by atoms with E-state index < -0.39 is 21.8 Å². The van der Waals surface area contributed by atoms with Crippen molar-refractivity contribution in [1.82, 2.24) is 4.98 Å². The van der Waals surface area contributed by atoms with Crippen molar-refractivity contribution in [3.8, 4) is 6.07 Å². The predicted octanol–water partition coefficient (Wildman–Crippen LogP) is 2.16. The third-order valence-electron chi connectivity index (χ3n) is 3.72. The zero-order chi connectivity index (χ0) is 16.4. The lowest BCUT2D eigenvalue weighted by Crippen LogP contribution is -2.50. The molecule has 0 aliphatic carbocycles. The molecule has 0 fully saturated rings. The van der Waals surface area contributed by atoms with Gasteiger partial charge in [-0.3, -0.25) is 14.9 Å². The average molecular weight is 292 g/mol. The Kier molecular flexibility index (Phi) is 4.18. The topological polar surface area (TPSA) is 129 Å². The van der Waals surface area contributed by atoms with Gasteiger partial charge in [-0.05, 0) is 27.7 Å². The van der Waals surface area contributed by atoms with Crippen molar-refractivity contribution < 1.29 is 14.8 Å². The van der Waals surface area contributed by atoms with Gasteiger partial charge in [0.2, 0.25) is 5.82 Å². The van der Waals surface area contributed by atoms with Crippen LogP contribution in [-0.2, 0) is 4.79 Å². The van der Waals surface area contributed by atoms with Crippen molar-refractivity contribution in [1.29, 1.82) is 5.26 Å². The van der Waals surface area contributed by atoms with Crippen molar-refractivity contribution in [2.24, 2.45) is 5.41 Å². The van der Waals surface area contributed by atoms with Crippen LogP contribution in [0.3, 0.4) is 0 Å². The number of aromatic nitrogens is 1. The van der Waals surface area contributed by atoms with E-state index in [1.54, 1.807) is 19.9 Å². The highest BCUT2D eigenvalue weighted by atomic mass is 16.6. The number of hydrogen-bond acceptors (Lipinski definition) is 6. The number of nitrogens with zero attached hydrogens (tertiary/aromatic N) is 3. The van der Waals surface area contributed by atoms with Crippen LogP contribution in [0.4, 0.5) is 11.5 Å². The molecule has 0 radical (unpaired) electrons. The number of anilines is 1. The fraction of sp³-hybridized carbons (Fsp3) is 0.462. The van der Waals surface area contributed by atoms with Gasteiger partial charge in [0.1, 0.15) is 6.07 Å². The van der Waals surface area contributed by atoms with Crippen LogP contribution in [0.25, 0.3) is 0 Å². The average Bonchev–Trinajstić information content (AvgIpc) is 2.38. The van der Waals surface area contributed by atoms with E-state index in [0.29, 0.717) is 0 Å². The minimum absolute atomic E-state index is 0.0579. The summed E-state index contributed by atoms with van der Waals surface area (Å²) in [4.78, 5) is 25.6. The maximum absolute atomic E-state index is 11.3. The molecular weight excluding hydrogens is 276 g/mol. The number of nitro groups is 1. The first kappa shape index (κ1) is 16.4. The number of aliphatic carboxylic acids is 1. The molecule has 0 saturated heterocycles. The predicted molar refractivity (Wildman–Crippen MR) is 74.7 cm³/mol. The first-order chi connectivity index (χ1) is 9.52. The molecule has 21 heavy (non-hydrogen) atoms. The van der Waals surface area contributed by atoms with Crippen molar-refractivity contribution in [3.63, 3.8) is 0 Å².